The van der Waals surface area contributed by atoms with Gasteiger partial charge in [-0.3, -0.25) is 4.79 Å². The van der Waals surface area contributed by atoms with E-state index in [-0.39, 0.29) is 5.92 Å². The van der Waals surface area contributed by atoms with Crippen molar-refractivity contribution in [3.8, 4) is 17.0 Å². The number of hydrogen-bond donors (Lipinski definition) is 4. The third-order valence-electron chi connectivity index (χ3n) is 4.27. The summed E-state index contributed by atoms with van der Waals surface area (Å²) in [6.45, 7) is 0. The van der Waals surface area contributed by atoms with Gasteiger partial charge in [0.25, 0.3) is 5.56 Å². The van der Waals surface area contributed by atoms with Crippen LogP contribution in [0.4, 0.5) is 0 Å². The average Bonchev–Trinajstić information content (AvgIpc) is 3.22. The number of benzene rings is 1. The summed E-state index contributed by atoms with van der Waals surface area (Å²) in [5, 5.41) is 20.6. The Hall–Kier alpha value is -3.02. The lowest BCUT2D eigenvalue weighted by Crippen LogP contribution is -2.20. The van der Waals surface area contributed by atoms with Gasteiger partial charge >= 0.3 is 5.97 Å². The molecule has 0 amide bonds. The third kappa shape index (κ3) is 2.11. The largest absolute Gasteiger partial charge is 0.506 e. The van der Waals surface area contributed by atoms with Gasteiger partial charge in [0.1, 0.15) is 5.75 Å². The summed E-state index contributed by atoms with van der Waals surface area (Å²) in [5.41, 5.74) is 1.29. The smallest absolute Gasteiger partial charge is 0.345 e. The number of pyridine rings is 1. The molecule has 0 bridgehead atoms. The Morgan fingerprint density at radius 1 is 1.22 bits per heavy atom. The third-order valence-corrected chi connectivity index (χ3v) is 4.27. The van der Waals surface area contributed by atoms with Gasteiger partial charge in [-0.2, -0.15) is 0 Å². The topological polar surface area (TPSA) is 106 Å². The van der Waals surface area contributed by atoms with E-state index in [2.05, 4.69) is 9.97 Å². The number of carboxylic acid groups (broad SMARTS) is 1. The number of rotatable bonds is 3. The zero-order chi connectivity index (χ0) is 16.1. The number of carboxylic acids is 1. The van der Waals surface area contributed by atoms with E-state index in [4.69, 9.17) is 5.11 Å². The Labute approximate surface area is 130 Å². The van der Waals surface area contributed by atoms with Gasteiger partial charge in [-0.15, -0.1) is 0 Å². The first-order valence-corrected chi connectivity index (χ1v) is 7.36. The highest BCUT2D eigenvalue weighted by atomic mass is 16.4. The van der Waals surface area contributed by atoms with E-state index in [1.165, 1.54) is 0 Å². The minimum Gasteiger partial charge on any atom is -0.506 e. The van der Waals surface area contributed by atoms with Gasteiger partial charge in [-0.25, -0.2) is 4.79 Å². The maximum absolute atomic E-state index is 12.1. The highest BCUT2D eigenvalue weighted by Crippen LogP contribution is 2.48. The highest BCUT2D eigenvalue weighted by molar-refractivity contribution is 5.92. The lowest BCUT2D eigenvalue weighted by molar-refractivity contribution is 0.0691. The number of hydrogen-bond acceptors (Lipinski definition) is 3. The second-order valence-corrected chi connectivity index (χ2v) is 5.83. The average molecular weight is 310 g/mol. The first-order valence-electron chi connectivity index (χ1n) is 7.36. The number of aromatic amines is 2. The van der Waals surface area contributed by atoms with E-state index in [0.29, 0.717) is 11.3 Å². The molecule has 1 aliphatic rings. The maximum Gasteiger partial charge on any atom is 0.345 e. The van der Waals surface area contributed by atoms with Gasteiger partial charge in [-0.05, 0) is 36.3 Å². The molecule has 116 valence electrons. The van der Waals surface area contributed by atoms with E-state index in [0.717, 1.165) is 29.3 Å². The van der Waals surface area contributed by atoms with Crippen LogP contribution in [0, 0.1) is 0 Å². The molecule has 6 nitrogen and oxygen atoms in total. The molecular weight excluding hydrogens is 296 g/mol. The molecule has 0 atom stereocenters. The standard InChI is InChI=1S/C17H14N2O4/c20-15-12(9-2-3-9)14(19-16(21)13(15)17(22)23)10-4-1-8-5-6-18-11(8)7-10/h1,4-7,9,18H,2-3H2,(H,22,23)(H2,19,20,21). The van der Waals surface area contributed by atoms with E-state index in [1.54, 1.807) is 0 Å². The van der Waals surface area contributed by atoms with E-state index < -0.39 is 22.8 Å². The molecule has 0 radical (unpaired) electrons. The summed E-state index contributed by atoms with van der Waals surface area (Å²) in [6, 6.07) is 7.59. The molecule has 1 saturated carbocycles. The van der Waals surface area contributed by atoms with Crippen LogP contribution in [-0.4, -0.2) is 26.2 Å². The van der Waals surface area contributed by atoms with Crippen molar-refractivity contribution in [3.05, 3.63) is 51.9 Å². The summed E-state index contributed by atoms with van der Waals surface area (Å²) < 4.78 is 0. The molecule has 4 rings (SSSR count). The number of H-pyrrole nitrogens is 2. The Balaban J connectivity index is 2.00. The second-order valence-electron chi connectivity index (χ2n) is 5.83. The van der Waals surface area contributed by atoms with Crippen LogP contribution in [-0.2, 0) is 0 Å². The van der Waals surface area contributed by atoms with Gasteiger partial charge in [0.15, 0.2) is 5.56 Å². The lowest BCUT2D eigenvalue weighted by Gasteiger charge is -2.13. The van der Waals surface area contributed by atoms with Crippen LogP contribution in [0.2, 0.25) is 0 Å². The minimum atomic E-state index is -1.42. The predicted octanol–water partition coefficient (Wildman–Crippen LogP) is 2.80. The van der Waals surface area contributed by atoms with Crippen LogP contribution < -0.4 is 5.56 Å². The summed E-state index contributed by atoms with van der Waals surface area (Å²) in [5.74, 6) is -1.75. The van der Waals surface area contributed by atoms with Crippen LogP contribution in [0.1, 0.15) is 34.7 Å². The Morgan fingerprint density at radius 3 is 2.70 bits per heavy atom. The highest BCUT2D eigenvalue weighted by Gasteiger charge is 2.33. The minimum absolute atomic E-state index is 0.0827. The fourth-order valence-corrected chi connectivity index (χ4v) is 3.00. The first kappa shape index (κ1) is 13.6. The van der Waals surface area contributed by atoms with Crippen molar-refractivity contribution in [2.24, 2.45) is 0 Å². The number of fused-ring (bicyclic) bond motifs is 1. The number of nitrogens with one attached hydrogen (secondary N) is 2. The Morgan fingerprint density at radius 2 is 2.00 bits per heavy atom. The van der Waals surface area contributed by atoms with Crippen LogP contribution in [0.25, 0.3) is 22.2 Å². The molecule has 2 aromatic heterocycles. The molecule has 3 aromatic rings. The Bertz CT molecular complexity index is 995. The van der Waals surface area contributed by atoms with Gasteiger partial charge in [0.2, 0.25) is 0 Å². The van der Waals surface area contributed by atoms with Crippen molar-refractivity contribution in [1.82, 2.24) is 9.97 Å². The molecule has 2 heterocycles. The second kappa shape index (κ2) is 4.74. The molecule has 6 heteroatoms. The number of aromatic nitrogens is 2. The molecule has 1 fully saturated rings. The number of carbonyl (C=O) groups is 1. The molecule has 23 heavy (non-hydrogen) atoms. The monoisotopic (exact) mass is 310 g/mol. The molecule has 1 aliphatic carbocycles. The first-order chi connectivity index (χ1) is 11.1. The number of aromatic hydroxyl groups is 1. The molecule has 0 saturated heterocycles. The van der Waals surface area contributed by atoms with Crippen molar-refractivity contribution in [2.75, 3.05) is 0 Å². The van der Waals surface area contributed by atoms with E-state index in [1.807, 2.05) is 30.5 Å². The van der Waals surface area contributed by atoms with Crippen molar-refractivity contribution < 1.29 is 15.0 Å². The molecule has 0 aliphatic heterocycles. The van der Waals surface area contributed by atoms with E-state index >= 15 is 0 Å². The molecule has 1 aromatic carbocycles. The lowest BCUT2D eigenvalue weighted by atomic mass is 9.98. The van der Waals surface area contributed by atoms with Crippen LogP contribution >= 0.6 is 0 Å². The van der Waals surface area contributed by atoms with Gasteiger partial charge in [0.05, 0.1) is 5.69 Å². The maximum atomic E-state index is 12.1. The molecule has 0 unspecified atom stereocenters. The van der Waals surface area contributed by atoms with Gasteiger partial charge < -0.3 is 20.2 Å². The van der Waals surface area contributed by atoms with Crippen molar-refractivity contribution in [3.63, 3.8) is 0 Å². The molecular formula is C17H14N2O4. The van der Waals surface area contributed by atoms with Crippen molar-refractivity contribution >= 4 is 16.9 Å². The SMILES string of the molecule is O=C(O)c1c(O)c(C2CC2)c(-c2ccc3cc[nH]c3c2)[nH]c1=O. The Kier molecular flexibility index (Phi) is 2.81. The molecule has 4 N–H and O–H groups in total. The summed E-state index contributed by atoms with van der Waals surface area (Å²) in [4.78, 5) is 29.1. The van der Waals surface area contributed by atoms with Gasteiger partial charge in [-0.1, -0.05) is 12.1 Å². The van der Waals surface area contributed by atoms with Crippen LogP contribution in [0.15, 0.2) is 35.3 Å². The van der Waals surface area contributed by atoms with Crippen LogP contribution in [0.5, 0.6) is 5.75 Å². The quantitative estimate of drug-likeness (QED) is 0.596. The normalized spacial score (nSPS) is 14.3. The number of aromatic carboxylic acids is 1. The van der Waals surface area contributed by atoms with E-state index in [9.17, 15) is 14.7 Å². The van der Waals surface area contributed by atoms with Crippen molar-refractivity contribution in [1.29, 1.82) is 0 Å². The fourth-order valence-electron chi connectivity index (χ4n) is 3.00. The van der Waals surface area contributed by atoms with Crippen molar-refractivity contribution in [2.45, 2.75) is 18.8 Å². The van der Waals surface area contributed by atoms with Gasteiger partial charge in [0, 0.05) is 22.8 Å². The predicted molar refractivity (Wildman–Crippen MR) is 85.0 cm³/mol. The summed E-state index contributed by atoms with van der Waals surface area (Å²) >= 11 is 0. The molecule has 0 spiro atoms. The summed E-state index contributed by atoms with van der Waals surface area (Å²) in [7, 11) is 0. The van der Waals surface area contributed by atoms with Crippen LogP contribution in [0.3, 0.4) is 0 Å². The zero-order valence-electron chi connectivity index (χ0n) is 12.1. The fraction of sp³-hybridized carbons (Fsp3) is 0.176. The summed E-state index contributed by atoms with van der Waals surface area (Å²) in [6.07, 6.45) is 3.57. The zero-order valence-corrected chi connectivity index (χ0v) is 12.1.